The Labute approximate surface area is 113 Å². The van der Waals surface area contributed by atoms with Gasteiger partial charge in [-0.25, -0.2) is 0 Å². The van der Waals surface area contributed by atoms with Crippen LogP contribution in [-0.2, 0) is 6.42 Å². The van der Waals surface area contributed by atoms with Crippen molar-refractivity contribution in [2.24, 2.45) is 5.41 Å². The van der Waals surface area contributed by atoms with E-state index in [1.807, 2.05) is 11.8 Å². The minimum absolute atomic E-state index is 0.200. The van der Waals surface area contributed by atoms with E-state index in [4.69, 9.17) is 0 Å². The molecule has 0 aromatic heterocycles. The zero-order chi connectivity index (χ0) is 12.4. The molecule has 1 atom stereocenters. The van der Waals surface area contributed by atoms with Crippen LogP contribution in [0.15, 0.2) is 24.3 Å². The summed E-state index contributed by atoms with van der Waals surface area (Å²) in [4.78, 5) is 0. The lowest BCUT2D eigenvalue weighted by Gasteiger charge is -2.22. The van der Waals surface area contributed by atoms with E-state index < -0.39 is 0 Å². The van der Waals surface area contributed by atoms with Crippen molar-refractivity contribution in [1.29, 1.82) is 0 Å². The second-order valence-electron chi connectivity index (χ2n) is 5.62. The molecule has 1 aromatic carbocycles. The van der Waals surface area contributed by atoms with E-state index in [9.17, 15) is 5.11 Å². The van der Waals surface area contributed by atoms with Gasteiger partial charge in [0.1, 0.15) is 0 Å². The number of nitrogens with one attached hydrogen (secondary N) is 1. The first kappa shape index (κ1) is 12.5. The van der Waals surface area contributed by atoms with Crippen LogP contribution >= 0.6 is 11.8 Å². The molecular weight excluding hydrogens is 242 g/mol. The maximum atomic E-state index is 9.39. The highest BCUT2D eigenvalue weighted by Gasteiger charge is 2.42. The third kappa shape index (κ3) is 2.58. The summed E-state index contributed by atoms with van der Waals surface area (Å²) < 4.78 is 0. The van der Waals surface area contributed by atoms with E-state index >= 15 is 0 Å². The molecule has 2 N–H and O–H groups in total. The van der Waals surface area contributed by atoms with Crippen LogP contribution in [0.4, 0.5) is 0 Å². The number of rotatable bonds is 4. The van der Waals surface area contributed by atoms with Crippen molar-refractivity contribution in [3.63, 3.8) is 0 Å². The van der Waals surface area contributed by atoms with Crippen molar-refractivity contribution in [3.8, 4) is 0 Å². The Bertz CT molecular complexity index is 417. The number of hydrogen-bond acceptors (Lipinski definition) is 3. The number of aliphatic hydroxyl groups is 1. The summed E-state index contributed by atoms with van der Waals surface area (Å²) in [5.74, 6) is 2.37. The lowest BCUT2D eigenvalue weighted by atomic mass is 9.99. The Balaban J connectivity index is 1.71. The fourth-order valence-corrected chi connectivity index (χ4v) is 3.72. The summed E-state index contributed by atoms with van der Waals surface area (Å²) in [6, 6.07) is 9.26. The number of thioether (sulfide) groups is 1. The van der Waals surface area contributed by atoms with Crippen LogP contribution in [0, 0.1) is 5.41 Å². The molecule has 2 nitrogen and oxygen atoms in total. The molecule has 0 radical (unpaired) electrons. The predicted octanol–water partition coefficient (Wildman–Crippen LogP) is 2.38. The van der Waals surface area contributed by atoms with Gasteiger partial charge in [-0.15, -0.1) is 0 Å². The van der Waals surface area contributed by atoms with Crippen LogP contribution in [0.1, 0.15) is 30.0 Å². The van der Waals surface area contributed by atoms with Crippen LogP contribution in [0.3, 0.4) is 0 Å². The highest BCUT2D eigenvalue weighted by atomic mass is 32.2. The van der Waals surface area contributed by atoms with Gasteiger partial charge in [0.05, 0.1) is 0 Å². The molecule has 3 rings (SSSR count). The van der Waals surface area contributed by atoms with Crippen molar-refractivity contribution in [2.45, 2.75) is 25.3 Å². The van der Waals surface area contributed by atoms with Crippen molar-refractivity contribution >= 4 is 11.8 Å². The van der Waals surface area contributed by atoms with Crippen molar-refractivity contribution in [1.82, 2.24) is 5.32 Å². The molecule has 3 heteroatoms. The molecular formula is C15H21NOS. The number of benzene rings is 1. The molecule has 1 aliphatic heterocycles. The van der Waals surface area contributed by atoms with E-state index in [1.54, 1.807) is 0 Å². The molecule has 0 amide bonds. The van der Waals surface area contributed by atoms with Crippen LogP contribution in [-0.4, -0.2) is 29.8 Å². The summed E-state index contributed by atoms with van der Waals surface area (Å²) >= 11 is 2.03. The monoisotopic (exact) mass is 263 g/mol. The Morgan fingerprint density at radius 1 is 1.33 bits per heavy atom. The van der Waals surface area contributed by atoms with Crippen molar-refractivity contribution < 1.29 is 5.11 Å². The normalized spacial score (nSPS) is 25.3. The van der Waals surface area contributed by atoms with Gasteiger partial charge in [-0.3, -0.25) is 0 Å². The lowest BCUT2D eigenvalue weighted by molar-refractivity contribution is 0.205. The molecule has 0 saturated heterocycles. The largest absolute Gasteiger partial charge is 0.396 e. The number of aliphatic hydroxyl groups excluding tert-OH is 1. The van der Waals surface area contributed by atoms with Gasteiger partial charge < -0.3 is 10.4 Å². The van der Waals surface area contributed by atoms with E-state index in [0.717, 1.165) is 12.3 Å². The highest BCUT2D eigenvalue weighted by Crippen LogP contribution is 2.44. The quantitative estimate of drug-likeness (QED) is 0.875. The molecule has 0 bridgehead atoms. The summed E-state index contributed by atoms with van der Waals surface area (Å²) in [6.45, 7) is 1.30. The van der Waals surface area contributed by atoms with Crippen LogP contribution in [0.25, 0.3) is 0 Å². The molecule has 1 heterocycles. The Kier molecular flexibility index (Phi) is 3.64. The maximum absolute atomic E-state index is 9.39. The first-order valence-corrected chi connectivity index (χ1v) is 7.98. The summed E-state index contributed by atoms with van der Waals surface area (Å²) in [5.41, 5.74) is 3.16. The molecule has 1 fully saturated rings. The minimum atomic E-state index is 0.200. The molecule has 2 aliphatic rings. The molecule has 0 spiro atoms. The third-order valence-corrected chi connectivity index (χ3v) is 5.31. The third-order valence-electron chi connectivity index (χ3n) is 4.25. The second-order valence-corrected chi connectivity index (χ2v) is 6.77. The predicted molar refractivity (Wildman–Crippen MR) is 77.0 cm³/mol. The summed E-state index contributed by atoms with van der Waals surface area (Å²) in [7, 11) is 0. The van der Waals surface area contributed by atoms with Gasteiger partial charge in [0.15, 0.2) is 0 Å². The first-order valence-electron chi connectivity index (χ1n) is 6.83. The zero-order valence-corrected chi connectivity index (χ0v) is 11.5. The second kappa shape index (κ2) is 5.24. The lowest BCUT2D eigenvalue weighted by Crippen LogP contribution is -2.31. The number of hydrogen-bond donors (Lipinski definition) is 2. The van der Waals surface area contributed by atoms with E-state index in [0.29, 0.717) is 12.6 Å². The summed E-state index contributed by atoms with van der Waals surface area (Å²) in [5, 5.41) is 13.1. The SMILES string of the molecule is OCC1(CNC2CSCCc3ccccc32)CC1. The van der Waals surface area contributed by atoms with Gasteiger partial charge in [-0.05, 0) is 36.1 Å². The molecule has 1 unspecified atom stereocenters. The van der Waals surface area contributed by atoms with Gasteiger partial charge in [0.2, 0.25) is 0 Å². The smallest absolute Gasteiger partial charge is 0.0499 e. The fourth-order valence-electron chi connectivity index (χ4n) is 2.65. The molecule has 1 aliphatic carbocycles. The molecule has 1 aromatic rings. The van der Waals surface area contributed by atoms with E-state index in [1.165, 1.54) is 36.1 Å². The average Bonchev–Trinajstić information content (AvgIpc) is 3.21. The highest BCUT2D eigenvalue weighted by molar-refractivity contribution is 7.99. The standard InChI is InChI=1S/C15H21NOS/c17-11-15(6-7-15)10-16-14-9-18-8-5-12-3-1-2-4-13(12)14/h1-4,14,16-17H,5-11H2. The Morgan fingerprint density at radius 2 is 2.17 bits per heavy atom. The number of aryl methyl sites for hydroxylation is 1. The van der Waals surface area contributed by atoms with Crippen LogP contribution in [0.2, 0.25) is 0 Å². The first-order chi connectivity index (χ1) is 8.83. The maximum Gasteiger partial charge on any atom is 0.0499 e. The zero-order valence-electron chi connectivity index (χ0n) is 10.7. The van der Waals surface area contributed by atoms with Crippen molar-refractivity contribution in [3.05, 3.63) is 35.4 Å². The molecule has 18 heavy (non-hydrogen) atoms. The Morgan fingerprint density at radius 3 is 2.94 bits per heavy atom. The molecule has 1 saturated carbocycles. The van der Waals surface area contributed by atoms with E-state index in [2.05, 4.69) is 29.6 Å². The number of fused-ring (bicyclic) bond motifs is 1. The van der Waals surface area contributed by atoms with Gasteiger partial charge in [0, 0.05) is 30.4 Å². The average molecular weight is 263 g/mol. The van der Waals surface area contributed by atoms with Gasteiger partial charge >= 0.3 is 0 Å². The van der Waals surface area contributed by atoms with Crippen molar-refractivity contribution in [2.75, 3.05) is 24.7 Å². The minimum Gasteiger partial charge on any atom is -0.396 e. The topological polar surface area (TPSA) is 32.3 Å². The fraction of sp³-hybridized carbons (Fsp3) is 0.600. The van der Waals surface area contributed by atoms with Crippen LogP contribution < -0.4 is 5.32 Å². The van der Waals surface area contributed by atoms with Gasteiger partial charge in [-0.1, -0.05) is 24.3 Å². The van der Waals surface area contributed by atoms with Gasteiger partial charge in [-0.2, -0.15) is 11.8 Å². The Hall–Kier alpha value is -0.510. The van der Waals surface area contributed by atoms with Gasteiger partial charge in [0.25, 0.3) is 0 Å². The van der Waals surface area contributed by atoms with E-state index in [-0.39, 0.29) is 5.41 Å². The van der Waals surface area contributed by atoms with Crippen LogP contribution in [0.5, 0.6) is 0 Å². The molecule has 98 valence electrons. The summed E-state index contributed by atoms with van der Waals surface area (Å²) in [6.07, 6.45) is 3.54.